The molecule has 0 bridgehead atoms. The highest BCUT2D eigenvalue weighted by Gasteiger charge is 2.44. The van der Waals surface area contributed by atoms with Crippen LogP contribution < -0.4 is 5.32 Å². The quantitative estimate of drug-likeness (QED) is 0.885. The summed E-state index contributed by atoms with van der Waals surface area (Å²) in [4.78, 5) is 15.2. The van der Waals surface area contributed by atoms with E-state index in [0.29, 0.717) is 25.9 Å². The second-order valence-corrected chi connectivity index (χ2v) is 7.55. The number of rotatable bonds is 4. The minimum Gasteiger partial charge on any atom is -0.368 e. The molecule has 3 heterocycles. The van der Waals surface area contributed by atoms with E-state index < -0.39 is 5.60 Å². The van der Waals surface area contributed by atoms with Crippen LogP contribution in [-0.4, -0.2) is 57.9 Å². The molecule has 4 rings (SSSR count). The van der Waals surface area contributed by atoms with Gasteiger partial charge in [-0.2, -0.15) is 0 Å². The van der Waals surface area contributed by atoms with Gasteiger partial charge in [-0.1, -0.05) is 30.3 Å². The summed E-state index contributed by atoms with van der Waals surface area (Å²) in [7, 11) is 1.65. The predicted octanol–water partition coefficient (Wildman–Crippen LogP) is 1.54. The van der Waals surface area contributed by atoms with E-state index in [1.807, 2.05) is 23.1 Å². The first-order valence-corrected chi connectivity index (χ1v) is 9.65. The van der Waals surface area contributed by atoms with Gasteiger partial charge in [-0.05, 0) is 38.4 Å². The summed E-state index contributed by atoms with van der Waals surface area (Å²) in [5.74, 6) is 1.89. The zero-order chi connectivity index (χ0) is 18.9. The molecule has 1 atom stereocenters. The Balaban J connectivity index is 1.54. The van der Waals surface area contributed by atoms with Crippen LogP contribution in [0.15, 0.2) is 30.3 Å². The van der Waals surface area contributed by atoms with Crippen molar-refractivity contribution in [3.8, 4) is 0 Å². The fourth-order valence-corrected chi connectivity index (χ4v) is 4.29. The largest absolute Gasteiger partial charge is 0.368 e. The smallest absolute Gasteiger partial charge is 0.255 e. The third-order valence-corrected chi connectivity index (χ3v) is 5.78. The lowest BCUT2D eigenvalue weighted by Gasteiger charge is -2.41. The molecule has 7 nitrogen and oxygen atoms in total. The van der Waals surface area contributed by atoms with Crippen molar-refractivity contribution in [3.05, 3.63) is 47.5 Å². The molecule has 0 aliphatic carbocycles. The van der Waals surface area contributed by atoms with E-state index in [4.69, 9.17) is 4.74 Å². The molecule has 27 heavy (non-hydrogen) atoms. The Bertz CT molecular complexity index is 798. The minimum absolute atomic E-state index is 0.0807. The lowest BCUT2D eigenvalue weighted by molar-refractivity contribution is -0.160. The van der Waals surface area contributed by atoms with Gasteiger partial charge in [0.2, 0.25) is 0 Å². The van der Waals surface area contributed by atoms with Gasteiger partial charge >= 0.3 is 0 Å². The van der Waals surface area contributed by atoms with Gasteiger partial charge in [-0.15, -0.1) is 10.2 Å². The molecular weight excluding hydrogens is 342 g/mol. The minimum atomic E-state index is -0.708. The van der Waals surface area contributed by atoms with Crippen molar-refractivity contribution >= 4 is 5.91 Å². The molecule has 0 saturated carbocycles. The SMILES string of the molecule is COC1(C(=O)N2Cc3nnc(Cc4ccccc4)n3[C@@H](C)C2)CCNCC1. The molecule has 1 N–H and O–H groups in total. The topological polar surface area (TPSA) is 72.3 Å². The van der Waals surface area contributed by atoms with Gasteiger partial charge in [0.15, 0.2) is 5.82 Å². The number of amides is 1. The fraction of sp³-hybridized carbons (Fsp3) is 0.550. The standard InChI is InChI=1S/C20H27N5O2/c1-15-13-24(19(26)20(27-2)8-10-21-11-9-20)14-18-23-22-17(25(15)18)12-16-6-4-3-5-7-16/h3-7,15,21H,8-14H2,1-2H3/t15-/m0/s1. The van der Waals surface area contributed by atoms with Crippen LogP contribution >= 0.6 is 0 Å². The maximum absolute atomic E-state index is 13.3. The van der Waals surface area contributed by atoms with Crippen LogP contribution in [0.4, 0.5) is 0 Å². The Labute approximate surface area is 159 Å². The summed E-state index contributed by atoms with van der Waals surface area (Å²) >= 11 is 0. The molecule has 1 aromatic heterocycles. The van der Waals surface area contributed by atoms with Gasteiger partial charge in [-0.3, -0.25) is 4.79 Å². The number of hydrogen-bond donors (Lipinski definition) is 1. The highest BCUT2D eigenvalue weighted by molar-refractivity contribution is 5.85. The average molecular weight is 369 g/mol. The van der Waals surface area contributed by atoms with Crippen LogP contribution in [0.1, 0.15) is 43.0 Å². The van der Waals surface area contributed by atoms with Crippen LogP contribution in [-0.2, 0) is 22.5 Å². The van der Waals surface area contributed by atoms with Gasteiger partial charge in [0.25, 0.3) is 5.91 Å². The van der Waals surface area contributed by atoms with Crippen molar-refractivity contribution in [1.29, 1.82) is 0 Å². The third-order valence-electron chi connectivity index (χ3n) is 5.78. The summed E-state index contributed by atoms with van der Waals surface area (Å²) in [5, 5.41) is 12.1. The zero-order valence-electron chi connectivity index (χ0n) is 16.0. The number of fused-ring (bicyclic) bond motifs is 1. The Morgan fingerprint density at radius 2 is 2.00 bits per heavy atom. The second-order valence-electron chi connectivity index (χ2n) is 7.55. The number of piperidine rings is 1. The van der Waals surface area contributed by atoms with E-state index in [0.717, 1.165) is 31.2 Å². The monoisotopic (exact) mass is 369 g/mol. The highest BCUT2D eigenvalue weighted by Crippen LogP contribution is 2.30. The van der Waals surface area contributed by atoms with Crippen molar-refractivity contribution in [2.24, 2.45) is 0 Å². The van der Waals surface area contributed by atoms with Crippen molar-refractivity contribution in [2.45, 2.75) is 44.4 Å². The second kappa shape index (κ2) is 7.40. The van der Waals surface area contributed by atoms with E-state index in [1.165, 1.54) is 5.56 Å². The maximum Gasteiger partial charge on any atom is 0.255 e. The summed E-state index contributed by atoms with van der Waals surface area (Å²) in [5.41, 5.74) is 0.506. The van der Waals surface area contributed by atoms with E-state index >= 15 is 0 Å². The van der Waals surface area contributed by atoms with E-state index in [2.05, 4.69) is 39.1 Å². The van der Waals surface area contributed by atoms with Gasteiger partial charge in [0, 0.05) is 20.1 Å². The van der Waals surface area contributed by atoms with Gasteiger partial charge < -0.3 is 19.5 Å². The van der Waals surface area contributed by atoms with Crippen LogP contribution in [0.2, 0.25) is 0 Å². The van der Waals surface area contributed by atoms with E-state index in [-0.39, 0.29) is 11.9 Å². The summed E-state index contributed by atoms with van der Waals surface area (Å²) < 4.78 is 7.92. The number of nitrogens with zero attached hydrogens (tertiary/aromatic N) is 4. The van der Waals surface area contributed by atoms with E-state index in [9.17, 15) is 4.79 Å². The first-order chi connectivity index (χ1) is 13.1. The Morgan fingerprint density at radius 3 is 2.70 bits per heavy atom. The Hall–Kier alpha value is -2.25. The number of methoxy groups -OCH3 is 1. The molecule has 1 fully saturated rings. The fourth-order valence-electron chi connectivity index (χ4n) is 4.29. The molecular formula is C20H27N5O2. The van der Waals surface area contributed by atoms with Gasteiger partial charge in [0.1, 0.15) is 11.4 Å². The molecule has 0 unspecified atom stereocenters. The van der Waals surface area contributed by atoms with Crippen molar-refractivity contribution in [2.75, 3.05) is 26.7 Å². The molecule has 1 amide bonds. The Morgan fingerprint density at radius 1 is 1.26 bits per heavy atom. The number of carbonyl (C=O) groups excluding carboxylic acids is 1. The zero-order valence-corrected chi connectivity index (χ0v) is 16.0. The summed E-state index contributed by atoms with van der Waals surface area (Å²) in [6, 6.07) is 10.4. The van der Waals surface area contributed by atoms with Crippen LogP contribution in [0.3, 0.4) is 0 Å². The molecule has 7 heteroatoms. The van der Waals surface area contributed by atoms with Crippen molar-refractivity contribution in [1.82, 2.24) is 25.0 Å². The maximum atomic E-state index is 13.3. The number of nitrogens with one attached hydrogen (secondary N) is 1. The third kappa shape index (κ3) is 3.37. The lowest BCUT2D eigenvalue weighted by atomic mass is 9.90. The molecule has 2 aliphatic rings. The number of hydrogen-bond acceptors (Lipinski definition) is 5. The normalized spacial score (nSPS) is 21.7. The predicted molar refractivity (Wildman–Crippen MR) is 101 cm³/mol. The van der Waals surface area contributed by atoms with E-state index in [1.54, 1.807) is 7.11 Å². The van der Waals surface area contributed by atoms with Crippen LogP contribution in [0.25, 0.3) is 0 Å². The summed E-state index contributed by atoms with van der Waals surface area (Å²) in [6.45, 7) is 4.89. The van der Waals surface area contributed by atoms with Crippen LogP contribution in [0.5, 0.6) is 0 Å². The number of carbonyl (C=O) groups is 1. The summed E-state index contributed by atoms with van der Waals surface area (Å²) in [6.07, 6.45) is 2.16. The molecule has 1 saturated heterocycles. The molecule has 144 valence electrons. The number of aromatic nitrogens is 3. The Kier molecular flexibility index (Phi) is 4.97. The lowest BCUT2D eigenvalue weighted by Crippen LogP contribution is -2.56. The first-order valence-electron chi connectivity index (χ1n) is 9.65. The molecule has 2 aromatic rings. The molecule has 1 aromatic carbocycles. The molecule has 0 radical (unpaired) electrons. The average Bonchev–Trinajstić information content (AvgIpc) is 3.12. The number of benzene rings is 1. The molecule has 2 aliphatic heterocycles. The highest BCUT2D eigenvalue weighted by atomic mass is 16.5. The first kappa shape index (κ1) is 18.1. The van der Waals surface area contributed by atoms with Crippen molar-refractivity contribution in [3.63, 3.8) is 0 Å². The van der Waals surface area contributed by atoms with Gasteiger partial charge in [-0.25, -0.2) is 0 Å². The number of ether oxygens (including phenoxy) is 1. The van der Waals surface area contributed by atoms with Crippen LogP contribution in [0, 0.1) is 0 Å². The van der Waals surface area contributed by atoms with Crippen molar-refractivity contribution < 1.29 is 9.53 Å². The van der Waals surface area contributed by atoms with Gasteiger partial charge in [0.05, 0.1) is 12.6 Å². The molecule has 0 spiro atoms.